The SMILES string of the molecule is Cn1ccc(CNC[C@@H](O)c2ccc(C(F)(F)F)cc2)n1. The van der Waals surface area contributed by atoms with E-state index in [-0.39, 0.29) is 6.54 Å². The van der Waals surface area contributed by atoms with Crippen LogP contribution in [0.15, 0.2) is 36.5 Å². The van der Waals surface area contributed by atoms with E-state index in [9.17, 15) is 18.3 Å². The number of nitrogens with zero attached hydrogens (tertiary/aromatic N) is 2. The molecule has 0 spiro atoms. The topological polar surface area (TPSA) is 50.1 Å². The Morgan fingerprint density at radius 2 is 1.90 bits per heavy atom. The molecular formula is C14H16F3N3O. The molecule has 0 saturated heterocycles. The molecule has 0 aliphatic rings. The minimum atomic E-state index is -4.36. The van der Waals surface area contributed by atoms with E-state index in [1.165, 1.54) is 12.1 Å². The van der Waals surface area contributed by atoms with Crippen molar-refractivity contribution in [3.8, 4) is 0 Å². The Balaban J connectivity index is 1.87. The average Bonchev–Trinajstić information content (AvgIpc) is 2.83. The van der Waals surface area contributed by atoms with Crippen LogP contribution in [-0.2, 0) is 19.8 Å². The minimum absolute atomic E-state index is 0.238. The second kappa shape index (κ2) is 6.28. The van der Waals surface area contributed by atoms with Crippen LogP contribution in [0.5, 0.6) is 0 Å². The molecule has 0 amide bonds. The summed E-state index contributed by atoms with van der Waals surface area (Å²) in [4.78, 5) is 0. The summed E-state index contributed by atoms with van der Waals surface area (Å²) >= 11 is 0. The first-order valence-electron chi connectivity index (χ1n) is 6.41. The second-order valence-electron chi connectivity index (χ2n) is 4.75. The van der Waals surface area contributed by atoms with E-state index >= 15 is 0 Å². The van der Waals surface area contributed by atoms with E-state index in [4.69, 9.17) is 0 Å². The predicted molar refractivity (Wildman–Crippen MR) is 71.3 cm³/mol. The summed E-state index contributed by atoms with van der Waals surface area (Å²) in [6.45, 7) is 0.723. The molecule has 0 aliphatic carbocycles. The van der Waals surface area contributed by atoms with Crippen molar-refractivity contribution >= 4 is 0 Å². The monoisotopic (exact) mass is 299 g/mol. The van der Waals surface area contributed by atoms with E-state index < -0.39 is 17.8 Å². The van der Waals surface area contributed by atoms with Crippen LogP contribution in [0.4, 0.5) is 13.2 Å². The van der Waals surface area contributed by atoms with Crippen LogP contribution in [0, 0.1) is 0 Å². The van der Waals surface area contributed by atoms with Gasteiger partial charge in [-0.2, -0.15) is 18.3 Å². The van der Waals surface area contributed by atoms with E-state index in [1.807, 2.05) is 12.3 Å². The van der Waals surface area contributed by atoms with Crippen LogP contribution in [0.1, 0.15) is 22.9 Å². The zero-order valence-corrected chi connectivity index (χ0v) is 11.4. The lowest BCUT2D eigenvalue weighted by Gasteiger charge is -2.13. The third kappa shape index (κ3) is 4.30. The van der Waals surface area contributed by atoms with Crippen LogP contribution in [-0.4, -0.2) is 21.4 Å². The Morgan fingerprint density at radius 3 is 2.43 bits per heavy atom. The molecule has 0 aliphatic heterocycles. The van der Waals surface area contributed by atoms with Gasteiger partial charge in [-0.1, -0.05) is 12.1 Å². The Morgan fingerprint density at radius 1 is 1.24 bits per heavy atom. The molecule has 1 atom stereocenters. The van der Waals surface area contributed by atoms with Crippen molar-refractivity contribution in [3.05, 3.63) is 53.3 Å². The van der Waals surface area contributed by atoms with Gasteiger partial charge in [0.25, 0.3) is 0 Å². The molecule has 0 fully saturated rings. The third-order valence-electron chi connectivity index (χ3n) is 3.04. The fraction of sp³-hybridized carbons (Fsp3) is 0.357. The molecule has 0 saturated carbocycles. The fourth-order valence-electron chi connectivity index (χ4n) is 1.91. The predicted octanol–water partition coefficient (Wildman–Crippen LogP) is 2.26. The quantitative estimate of drug-likeness (QED) is 0.890. The molecule has 114 valence electrons. The maximum atomic E-state index is 12.4. The van der Waals surface area contributed by atoms with Gasteiger partial charge in [0.15, 0.2) is 0 Å². The number of hydrogen-bond donors (Lipinski definition) is 2. The molecule has 1 aromatic carbocycles. The Bertz CT molecular complexity index is 578. The highest BCUT2D eigenvalue weighted by Crippen LogP contribution is 2.29. The number of benzene rings is 1. The lowest BCUT2D eigenvalue weighted by molar-refractivity contribution is -0.137. The maximum absolute atomic E-state index is 12.4. The van der Waals surface area contributed by atoms with Crippen LogP contribution in [0.25, 0.3) is 0 Å². The normalized spacial score (nSPS) is 13.4. The molecule has 0 radical (unpaired) electrons. The largest absolute Gasteiger partial charge is 0.416 e. The van der Waals surface area contributed by atoms with E-state index in [1.54, 1.807) is 11.7 Å². The number of hydrogen-bond acceptors (Lipinski definition) is 3. The number of alkyl halides is 3. The van der Waals surface area contributed by atoms with Crippen molar-refractivity contribution in [2.75, 3.05) is 6.54 Å². The Kier molecular flexibility index (Phi) is 4.64. The van der Waals surface area contributed by atoms with E-state index in [0.29, 0.717) is 12.1 Å². The summed E-state index contributed by atoms with van der Waals surface area (Å²) in [5.41, 5.74) is 0.550. The van der Waals surface area contributed by atoms with Gasteiger partial charge in [-0.3, -0.25) is 4.68 Å². The number of aryl methyl sites for hydroxylation is 1. The van der Waals surface area contributed by atoms with Gasteiger partial charge in [0.1, 0.15) is 0 Å². The first-order chi connectivity index (χ1) is 9.86. The highest BCUT2D eigenvalue weighted by atomic mass is 19.4. The highest BCUT2D eigenvalue weighted by Gasteiger charge is 2.30. The smallest absolute Gasteiger partial charge is 0.387 e. The van der Waals surface area contributed by atoms with Gasteiger partial charge in [0, 0.05) is 26.3 Å². The molecule has 0 unspecified atom stereocenters. The molecule has 1 heterocycles. The van der Waals surface area contributed by atoms with Crippen LogP contribution < -0.4 is 5.32 Å². The maximum Gasteiger partial charge on any atom is 0.416 e. The molecule has 2 N–H and O–H groups in total. The third-order valence-corrected chi connectivity index (χ3v) is 3.04. The highest BCUT2D eigenvalue weighted by molar-refractivity contribution is 5.26. The van der Waals surface area contributed by atoms with Crippen molar-refractivity contribution in [3.63, 3.8) is 0 Å². The second-order valence-corrected chi connectivity index (χ2v) is 4.75. The van der Waals surface area contributed by atoms with Gasteiger partial charge in [-0.05, 0) is 23.8 Å². The van der Waals surface area contributed by atoms with Crippen molar-refractivity contribution in [1.82, 2.24) is 15.1 Å². The Labute approximate surface area is 120 Å². The molecule has 21 heavy (non-hydrogen) atoms. The summed E-state index contributed by atoms with van der Waals surface area (Å²) in [6.07, 6.45) is -3.42. The molecule has 1 aromatic heterocycles. The van der Waals surface area contributed by atoms with Crippen LogP contribution in [0.3, 0.4) is 0 Å². The van der Waals surface area contributed by atoms with Crippen molar-refractivity contribution in [1.29, 1.82) is 0 Å². The number of aromatic nitrogens is 2. The van der Waals surface area contributed by atoms with Crippen molar-refractivity contribution < 1.29 is 18.3 Å². The summed E-state index contributed by atoms with van der Waals surface area (Å²) in [5.74, 6) is 0. The number of nitrogens with one attached hydrogen (secondary N) is 1. The summed E-state index contributed by atoms with van der Waals surface area (Å²) in [7, 11) is 1.81. The van der Waals surface area contributed by atoms with Gasteiger partial charge in [0.05, 0.1) is 17.4 Å². The molecule has 7 heteroatoms. The van der Waals surface area contributed by atoms with Crippen molar-refractivity contribution in [2.24, 2.45) is 7.05 Å². The average molecular weight is 299 g/mol. The number of aliphatic hydroxyl groups excluding tert-OH is 1. The lowest BCUT2D eigenvalue weighted by atomic mass is 10.1. The molecule has 2 rings (SSSR count). The first-order valence-corrected chi connectivity index (χ1v) is 6.41. The lowest BCUT2D eigenvalue weighted by Crippen LogP contribution is -2.21. The summed E-state index contributed by atoms with van der Waals surface area (Å²) in [5, 5.41) is 17.1. The van der Waals surface area contributed by atoms with Gasteiger partial charge >= 0.3 is 6.18 Å². The fourth-order valence-corrected chi connectivity index (χ4v) is 1.91. The van der Waals surface area contributed by atoms with Gasteiger partial charge in [0.2, 0.25) is 0 Å². The molecule has 2 aromatic rings. The minimum Gasteiger partial charge on any atom is -0.387 e. The zero-order chi connectivity index (χ0) is 15.5. The van der Waals surface area contributed by atoms with Crippen LogP contribution >= 0.6 is 0 Å². The first kappa shape index (κ1) is 15.5. The Hall–Kier alpha value is -1.86. The van der Waals surface area contributed by atoms with Gasteiger partial charge in [-0.25, -0.2) is 0 Å². The summed E-state index contributed by atoms with van der Waals surface area (Å²) in [6, 6.07) is 6.36. The summed E-state index contributed by atoms with van der Waals surface area (Å²) < 4.78 is 39.0. The number of halogens is 3. The number of aliphatic hydroxyl groups is 1. The number of rotatable bonds is 5. The zero-order valence-electron chi connectivity index (χ0n) is 11.4. The van der Waals surface area contributed by atoms with E-state index in [2.05, 4.69) is 10.4 Å². The standard InChI is InChI=1S/C14H16F3N3O/c1-20-7-6-12(19-20)8-18-9-13(21)10-2-4-11(5-3-10)14(15,16)17/h2-7,13,18,21H,8-9H2,1H3/t13-/m1/s1. The van der Waals surface area contributed by atoms with E-state index in [0.717, 1.165) is 17.8 Å². The molecule has 0 bridgehead atoms. The molecule has 4 nitrogen and oxygen atoms in total. The van der Waals surface area contributed by atoms with Crippen LogP contribution in [0.2, 0.25) is 0 Å². The molecular weight excluding hydrogens is 283 g/mol. The van der Waals surface area contributed by atoms with Gasteiger partial charge < -0.3 is 10.4 Å². The van der Waals surface area contributed by atoms with Gasteiger partial charge in [-0.15, -0.1) is 0 Å². The van der Waals surface area contributed by atoms with Crippen molar-refractivity contribution in [2.45, 2.75) is 18.8 Å².